The maximum absolute atomic E-state index is 10.7. The molecule has 3 nitrogen and oxygen atoms in total. The fraction of sp³-hybridized carbons (Fsp3) is 0.190. The van der Waals surface area contributed by atoms with Gasteiger partial charge in [-0.15, -0.1) is 11.3 Å². The van der Waals surface area contributed by atoms with Gasteiger partial charge in [0.1, 0.15) is 5.75 Å². The lowest BCUT2D eigenvalue weighted by molar-refractivity contribution is 0.477. The number of aromatic nitrogens is 1. The Bertz CT molecular complexity index is 1070. The van der Waals surface area contributed by atoms with Gasteiger partial charge in [0.25, 0.3) is 0 Å². The van der Waals surface area contributed by atoms with Gasteiger partial charge in [-0.2, -0.15) is 0 Å². The minimum absolute atomic E-state index is 0.298. The number of rotatable bonds is 3. The lowest BCUT2D eigenvalue weighted by atomic mass is 9.94. The molecule has 2 heterocycles. The van der Waals surface area contributed by atoms with Crippen molar-refractivity contribution >= 4 is 32.3 Å². The van der Waals surface area contributed by atoms with Gasteiger partial charge in [-0.05, 0) is 53.6 Å². The third kappa shape index (κ3) is 2.58. The van der Waals surface area contributed by atoms with Crippen molar-refractivity contribution < 1.29 is 5.11 Å². The van der Waals surface area contributed by atoms with E-state index >= 15 is 0 Å². The third-order valence-corrected chi connectivity index (χ3v) is 5.79. The van der Waals surface area contributed by atoms with Gasteiger partial charge in [-0.1, -0.05) is 31.2 Å². The summed E-state index contributed by atoms with van der Waals surface area (Å²) in [6, 6.07) is 12.2. The van der Waals surface area contributed by atoms with E-state index in [2.05, 4.69) is 47.6 Å². The first-order valence-electron chi connectivity index (χ1n) is 8.39. The van der Waals surface area contributed by atoms with Crippen LogP contribution >= 0.6 is 11.3 Å². The van der Waals surface area contributed by atoms with Crippen molar-refractivity contribution in [3.63, 3.8) is 0 Å². The Morgan fingerprint density at radius 1 is 1.20 bits per heavy atom. The van der Waals surface area contributed by atoms with Crippen molar-refractivity contribution in [1.29, 1.82) is 0 Å². The van der Waals surface area contributed by atoms with Crippen LogP contribution in [0, 0.1) is 6.92 Å². The van der Waals surface area contributed by atoms with Crippen LogP contribution in [0.2, 0.25) is 0 Å². The second-order valence-corrected chi connectivity index (χ2v) is 7.45. The Labute approximate surface area is 150 Å². The second-order valence-electron chi connectivity index (χ2n) is 6.53. The van der Waals surface area contributed by atoms with Gasteiger partial charge >= 0.3 is 0 Å². The number of thiophene rings is 1. The molecule has 0 aliphatic rings. The van der Waals surface area contributed by atoms with E-state index in [-0.39, 0.29) is 0 Å². The number of phenols is 1. The summed E-state index contributed by atoms with van der Waals surface area (Å²) in [6.07, 6.45) is 1.91. The van der Waals surface area contributed by atoms with Gasteiger partial charge in [-0.3, -0.25) is 4.98 Å². The van der Waals surface area contributed by atoms with Crippen LogP contribution in [0.4, 0.5) is 0 Å². The second kappa shape index (κ2) is 6.14. The van der Waals surface area contributed by atoms with Crippen LogP contribution in [-0.4, -0.2) is 16.6 Å². The number of pyridine rings is 1. The Kier molecular flexibility index (Phi) is 3.94. The maximum atomic E-state index is 10.7. The molecule has 2 aromatic carbocycles. The van der Waals surface area contributed by atoms with Crippen molar-refractivity contribution in [1.82, 2.24) is 4.98 Å². The Hall–Kier alpha value is -2.43. The molecular formula is C21H20N2OS. The van der Waals surface area contributed by atoms with Gasteiger partial charge in [-0.25, -0.2) is 0 Å². The summed E-state index contributed by atoms with van der Waals surface area (Å²) in [5.74, 6) is 0.621. The SMILES string of the molecule is Cc1cc(O)c(-c2ccc([C@@H](C)CN)cc2)c2c1ncc1ccsc12. The molecule has 4 aromatic rings. The molecule has 4 heteroatoms. The highest BCUT2D eigenvalue weighted by atomic mass is 32.1. The molecule has 126 valence electrons. The lowest BCUT2D eigenvalue weighted by Crippen LogP contribution is -2.08. The summed E-state index contributed by atoms with van der Waals surface area (Å²) in [5, 5.41) is 14.9. The molecule has 4 rings (SSSR count). The number of nitrogens with two attached hydrogens (primary N) is 1. The highest BCUT2D eigenvalue weighted by Crippen LogP contribution is 2.42. The minimum atomic E-state index is 0.298. The summed E-state index contributed by atoms with van der Waals surface area (Å²) < 4.78 is 1.17. The van der Waals surface area contributed by atoms with Crippen LogP contribution < -0.4 is 5.73 Å². The van der Waals surface area contributed by atoms with E-state index in [1.807, 2.05) is 13.1 Å². The summed E-state index contributed by atoms with van der Waals surface area (Å²) in [4.78, 5) is 4.65. The highest BCUT2D eigenvalue weighted by molar-refractivity contribution is 7.18. The molecule has 3 N–H and O–H groups in total. The summed E-state index contributed by atoms with van der Waals surface area (Å²) >= 11 is 1.69. The molecule has 0 saturated carbocycles. The van der Waals surface area contributed by atoms with Crippen molar-refractivity contribution in [2.75, 3.05) is 6.54 Å². The van der Waals surface area contributed by atoms with Crippen LogP contribution in [0.15, 0.2) is 48.0 Å². The zero-order valence-electron chi connectivity index (χ0n) is 14.3. The maximum Gasteiger partial charge on any atom is 0.124 e. The van der Waals surface area contributed by atoms with Crippen molar-refractivity contribution in [3.05, 3.63) is 59.1 Å². The average Bonchev–Trinajstić information content (AvgIpc) is 3.10. The zero-order chi connectivity index (χ0) is 17.6. The van der Waals surface area contributed by atoms with E-state index in [0.717, 1.165) is 33.0 Å². The molecule has 0 saturated heterocycles. The molecule has 1 atom stereocenters. The number of hydrogen-bond acceptors (Lipinski definition) is 4. The smallest absolute Gasteiger partial charge is 0.124 e. The van der Waals surface area contributed by atoms with Crippen molar-refractivity contribution in [2.45, 2.75) is 19.8 Å². The van der Waals surface area contributed by atoms with E-state index in [4.69, 9.17) is 5.73 Å². The minimum Gasteiger partial charge on any atom is -0.507 e. The predicted molar refractivity (Wildman–Crippen MR) is 106 cm³/mol. The molecule has 0 radical (unpaired) electrons. The van der Waals surface area contributed by atoms with Crippen LogP contribution in [0.25, 0.3) is 32.1 Å². The van der Waals surface area contributed by atoms with Crippen molar-refractivity contribution in [2.24, 2.45) is 5.73 Å². The lowest BCUT2D eigenvalue weighted by Gasteiger charge is -2.14. The predicted octanol–water partition coefficient (Wildman–Crippen LogP) is 5.19. The van der Waals surface area contributed by atoms with E-state index in [1.54, 1.807) is 17.4 Å². The average molecular weight is 348 g/mol. The van der Waals surface area contributed by atoms with Gasteiger partial charge in [0.05, 0.1) is 5.52 Å². The van der Waals surface area contributed by atoms with Gasteiger partial charge in [0, 0.05) is 27.2 Å². The molecule has 0 fully saturated rings. The van der Waals surface area contributed by atoms with Gasteiger partial charge < -0.3 is 10.8 Å². The molecular weight excluding hydrogens is 328 g/mol. The first kappa shape index (κ1) is 16.1. The largest absolute Gasteiger partial charge is 0.507 e. The first-order chi connectivity index (χ1) is 12.1. The van der Waals surface area contributed by atoms with E-state index in [1.165, 1.54) is 10.3 Å². The van der Waals surface area contributed by atoms with Crippen molar-refractivity contribution in [3.8, 4) is 16.9 Å². The Morgan fingerprint density at radius 2 is 1.96 bits per heavy atom. The molecule has 0 aliphatic heterocycles. The molecule has 25 heavy (non-hydrogen) atoms. The first-order valence-corrected chi connectivity index (χ1v) is 9.27. The molecule has 0 aliphatic carbocycles. The van der Waals surface area contributed by atoms with Gasteiger partial charge in [0.15, 0.2) is 0 Å². The number of benzene rings is 2. The Morgan fingerprint density at radius 3 is 2.68 bits per heavy atom. The topological polar surface area (TPSA) is 59.1 Å². The molecule has 0 spiro atoms. The van der Waals surface area contributed by atoms with Crippen LogP contribution in [0.3, 0.4) is 0 Å². The number of aromatic hydroxyl groups is 1. The number of nitrogens with zero attached hydrogens (tertiary/aromatic N) is 1. The monoisotopic (exact) mass is 348 g/mol. The standard InChI is InChI=1S/C21H20N2OS/c1-12-9-17(24)18(15-5-3-14(4-6-15)13(2)10-22)19-20(12)23-11-16-7-8-25-21(16)19/h3-9,11,13,24H,10,22H2,1-2H3/t13-/m0/s1. The van der Waals surface area contributed by atoms with E-state index < -0.39 is 0 Å². The van der Waals surface area contributed by atoms with Crippen LogP contribution in [0.5, 0.6) is 5.75 Å². The quantitative estimate of drug-likeness (QED) is 0.535. The molecule has 0 unspecified atom stereocenters. The number of aryl methyl sites for hydroxylation is 1. The molecule has 0 amide bonds. The fourth-order valence-electron chi connectivity index (χ4n) is 3.34. The van der Waals surface area contributed by atoms with E-state index in [9.17, 15) is 5.11 Å². The number of hydrogen-bond donors (Lipinski definition) is 2. The van der Waals surface area contributed by atoms with Gasteiger partial charge in [0.2, 0.25) is 0 Å². The number of phenolic OH excluding ortho intramolecular Hbond substituents is 1. The summed E-state index contributed by atoms with van der Waals surface area (Å²) in [5.41, 5.74) is 10.8. The third-order valence-electron chi connectivity index (χ3n) is 4.85. The Balaban J connectivity index is 2.02. The van der Waals surface area contributed by atoms with E-state index in [0.29, 0.717) is 18.2 Å². The van der Waals surface area contributed by atoms with Crippen LogP contribution in [-0.2, 0) is 0 Å². The zero-order valence-corrected chi connectivity index (χ0v) is 15.1. The highest BCUT2D eigenvalue weighted by Gasteiger charge is 2.16. The molecule has 0 bridgehead atoms. The summed E-state index contributed by atoms with van der Waals surface area (Å²) in [6.45, 7) is 4.73. The van der Waals surface area contributed by atoms with Crippen LogP contribution in [0.1, 0.15) is 24.0 Å². The molecule has 2 aromatic heterocycles. The normalized spacial score (nSPS) is 12.8. The fourth-order valence-corrected chi connectivity index (χ4v) is 4.27. The summed E-state index contributed by atoms with van der Waals surface area (Å²) in [7, 11) is 0. The number of fused-ring (bicyclic) bond motifs is 3.